The van der Waals surface area contributed by atoms with Gasteiger partial charge < -0.3 is 10.1 Å². The Bertz CT molecular complexity index is 567. The number of aromatic nitrogens is 4. The number of H-pyrrole nitrogens is 1. The molecule has 22 heavy (non-hydrogen) atoms. The van der Waals surface area contributed by atoms with Crippen molar-refractivity contribution in [3.05, 3.63) is 29.3 Å². The van der Waals surface area contributed by atoms with Gasteiger partial charge in [0.2, 0.25) is 5.28 Å². The highest BCUT2D eigenvalue weighted by Gasteiger charge is 2.25. The molecule has 1 saturated carbocycles. The van der Waals surface area contributed by atoms with Crippen molar-refractivity contribution < 1.29 is 4.74 Å². The molecule has 2 heterocycles. The van der Waals surface area contributed by atoms with Gasteiger partial charge in [0.1, 0.15) is 5.82 Å². The van der Waals surface area contributed by atoms with Gasteiger partial charge in [-0.15, -0.1) is 0 Å². The first kappa shape index (κ1) is 16.7. The Balaban J connectivity index is 0.000000254. The van der Waals surface area contributed by atoms with Crippen molar-refractivity contribution in [3.8, 4) is 0 Å². The second kappa shape index (κ2) is 8.70. The van der Waals surface area contributed by atoms with Crippen LogP contribution in [0.25, 0.3) is 0 Å². The van der Waals surface area contributed by atoms with Crippen molar-refractivity contribution in [3.63, 3.8) is 0 Å². The first-order valence-corrected chi connectivity index (χ1v) is 7.99. The molecule has 120 valence electrons. The van der Waals surface area contributed by atoms with Gasteiger partial charge in [-0.05, 0) is 43.9 Å². The third-order valence-electron chi connectivity index (χ3n) is 3.05. The minimum atomic E-state index is 0.225. The number of nitrogens with zero attached hydrogens (tertiary/aromatic N) is 3. The Morgan fingerprint density at radius 2 is 2.18 bits per heavy atom. The summed E-state index contributed by atoms with van der Waals surface area (Å²) in [6.45, 7) is 5.88. The Hall–Kier alpha value is -1.66. The van der Waals surface area contributed by atoms with E-state index in [0.29, 0.717) is 11.7 Å². The third-order valence-corrected chi connectivity index (χ3v) is 3.23. The van der Waals surface area contributed by atoms with Crippen LogP contribution in [0.15, 0.2) is 18.3 Å². The minimum absolute atomic E-state index is 0.225. The second-order valence-electron chi connectivity index (χ2n) is 5.02. The first-order chi connectivity index (χ1) is 10.7. The molecule has 1 aliphatic carbocycles. The highest BCUT2D eigenvalue weighted by molar-refractivity contribution is 6.28. The fourth-order valence-corrected chi connectivity index (χ4v) is 1.98. The van der Waals surface area contributed by atoms with Crippen LogP contribution in [-0.2, 0) is 4.74 Å². The maximum absolute atomic E-state index is 5.69. The van der Waals surface area contributed by atoms with Crippen LogP contribution < -0.4 is 5.32 Å². The summed E-state index contributed by atoms with van der Waals surface area (Å²) >= 11 is 5.69. The van der Waals surface area contributed by atoms with Crippen LogP contribution in [0.5, 0.6) is 0 Å². The summed E-state index contributed by atoms with van der Waals surface area (Å²) in [5, 5.41) is 10.5. The number of rotatable bonds is 6. The molecule has 0 spiro atoms. The van der Waals surface area contributed by atoms with Crippen molar-refractivity contribution in [2.24, 2.45) is 0 Å². The Morgan fingerprint density at radius 3 is 2.77 bits per heavy atom. The zero-order valence-corrected chi connectivity index (χ0v) is 13.7. The number of anilines is 2. The van der Waals surface area contributed by atoms with Gasteiger partial charge in [-0.3, -0.25) is 5.10 Å². The maximum Gasteiger partial charge on any atom is 0.224 e. The van der Waals surface area contributed by atoms with Gasteiger partial charge in [-0.2, -0.15) is 5.10 Å². The van der Waals surface area contributed by atoms with Gasteiger partial charge in [0.15, 0.2) is 5.82 Å². The van der Waals surface area contributed by atoms with E-state index in [4.69, 9.17) is 16.3 Å². The largest absolute Gasteiger partial charge is 0.382 e. The Morgan fingerprint density at radius 1 is 1.36 bits per heavy atom. The standard InChI is InChI=1S/C10H10ClN5.C5H12O/c11-10-12-4-3-8(14-10)13-9-5-7(15-16-9)6-1-2-6;1-3-5-6-4-2/h3-6H,1-2H2,(H2,12,13,14,15,16);3-5H2,1-2H3. The van der Waals surface area contributed by atoms with E-state index in [-0.39, 0.29) is 5.28 Å². The Labute approximate surface area is 135 Å². The lowest BCUT2D eigenvalue weighted by molar-refractivity contribution is 0.148. The number of ether oxygens (including phenoxy) is 1. The van der Waals surface area contributed by atoms with E-state index >= 15 is 0 Å². The van der Waals surface area contributed by atoms with Crippen molar-refractivity contribution in [1.29, 1.82) is 0 Å². The van der Waals surface area contributed by atoms with Crippen LogP contribution in [0.3, 0.4) is 0 Å². The van der Waals surface area contributed by atoms with Gasteiger partial charge in [-0.25, -0.2) is 9.97 Å². The van der Waals surface area contributed by atoms with Gasteiger partial charge in [0.25, 0.3) is 0 Å². The molecule has 0 aromatic carbocycles. The molecule has 3 rings (SSSR count). The molecule has 1 aliphatic rings. The number of nitrogens with one attached hydrogen (secondary N) is 2. The fourth-order valence-electron chi connectivity index (χ4n) is 1.83. The summed E-state index contributed by atoms with van der Waals surface area (Å²) in [7, 11) is 0. The number of halogens is 1. The maximum atomic E-state index is 5.69. The zero-order valence-electron chi connectivity index (χ0n) is 13.0. The molecule has 2 aromatic rings. The van der Waals surface area contributed by atoms with E-state index in [1.54, 1.807) is 12.3 Å². The number of aromatic amines is 1. The highest BCUT2D eigenvalue weighted by atomic mass is 35.5. The molecular formula is C15H22ClN5O. The van der Waals surface area contributed by atoms with E-state index in [2.05, 4.69) is 32.4 Å². The van der Waals surface area contributed by atoms with Crippen LogP contribution in [0.2, 0.25) is 5.28 Å². The lowest BCUT2D eigenvalue weighted by Crippen LogP contribution is -1.94. The molecule has 2 aromatic heterocycles. The SMILES string of the molecule is CCCOCC.Clc1nccc(Nc2cc(C3CC3)[nH]n2)n1. The molecule has 0 aliphatic heterocycles. The first-order valence-electron chi connectivity index (χ1n) is 7.61. The van der Waals surface area contributed by atoms with Crippen LogP contribution in [0.1, 0.15) is 44.7 Å². The molecule has 0 unspecified atom stereocenters. The Kier molecular flexibility index (Phi) is 6.61. The third kappa shape index (κ3) is 5.61. The fraction of sp³-hybridized carbons (Fsp3) is 0.533. The van der Waals surface area contributed by atoms with Crippen LogP contribution in [0, 0.1) is 0 Å². The smallest absolute Gasteiger partial charge is 0.224 e. The van der Waals surface area contributed by atoms with Gasteiger partial charge in [0, 0.05) is 37.1 Å². The lowest BCUT2D eigenvalue weighted by atomic mass is 10.3. The van der Waals surface area contributed by atoms with Gasteiger partial charge in [-0.1, -0.05) is 6.92 Å². The van der Waals surface area contributed by atoms with Crippen LogP contribution in [-0.4, -0.2) is 33.4 Å². The summed E-state index contributed by atoms with van der Waals surface area (Å²) in [4.78, 5) is 7.84. The van der Waals surface area contributed by atoms with E-state index < -0.39 is 0 Å². The summed E-state index contributed by atoms with van der Waals surface area (Å²) in [5.74, 6) is 2.07. The lowest BCUT2D eigenvalue weighted by Gasteiger charge is -1.99. The predicted molar refractivity (Wildman–Crippen MR) is 87.7 cm³/mol. The molecule has 0 bridgehead atoms. The normalized spacial score (nSPS) is 13.4. The number of hydrogen-bond donors (Lipinski definition) is 2. The summed E-state index contributed by atoms with van der Waals surface area (Å²) in [5.41, 5.74) is 1.18. The van der Waals surface area contributed by atoms with Gasteiger partial charge >= 0.3 is 0 Å². The average molecular weight is 324 g/mol. The molecule has 7 heteroatoms. The highest BCUT2D eigenvalue weighted by Crippen LogP contribution is 2.39. The van der Waals surface area contributed by atoms with Crippen molar-refractivity contribution in [1.82, 2.24) is 20.2 Å². The monoisotopic (exact) mass is 323 g/mol. The van der Waals surface area contributed by atoms with E-state index in [1.807, 2.05) is 13.0 Å². The van der Waals surface area contributed by atoms with E-state index in [9.17, 15) is 0 Å². The molecule has 6 nitrogen and oxygen atoms in total. The summed E-state index contributed by atoms with van der Waals surface area (Å²) in [6.07, 6.45) is 5.24. The number of hydrogen-bond acceptors (Lipinski definition) is 5. The quantitative estimate of drug-likeness (QED) is 0.622. The average Bonchev–Trinajstić information content (AvgIpc) is 3.26. The zero-order chi connectivity index (χ0) is 15.8. The molecule has 0 saturated heterocycles. The molecule has 1 fully saturated rings. The molecule has 0 amide bonds. The molecule has 0 radical (unpaired) electrons. The summed E-state index contributed by atoms with van der Waals surface area (Å²) < 4.78 is 4.98. The molecular weight excluding hydrogens is 302 g/mol. The van der Waals surface area contributed by atoms with Gasteiger partial charge in [0.05, 0.1) is 0 Å². The van der Waals surface area contributed by atoms with Crippen LogP contribution in [0.4, 0.5) is 11.6 Å². The van der Waals surface area contributed by atoms with E-state index in [0.717, 1.165) is 25.5 Å². The summed E-state index contributed by atoms with van der Waals surface area (Å²) in [6, 6.07) is 3.75. The van der Waals surface area contributed by atoms with Crippen molar-refractivity contribution in [2.45, 2.75) is 39.0 Å². The topological polar surface area (TPSA) is 75.7 Å². The van der Waals surface area contributed by atoms with E-state index in [1.165, 1.54) is 18.5 Å². The molecule has 2 N–H and O–H groups in total. The van der Waals surface area contributed by atoms with Crippen molar-refractivity contribution >= 4 is 23.2 Å². The second-order valence-corrected chi connectivity index (χ2v) is 5.35. The van der Waals surface area contributed by atoms with Crippen LogP contribution >= 0.6 is 11.6 Å². The van der Waals surface area contributed by atoms with Crippen molar-refractivity contribution in [2.75, 3.05) is 18.5 Å². The minimum Gasteiger partial charge on any atom is -0.382 e. The predicted octanol–water partition coefficient (Wildman–Crippen LogP) is 3.91. The molecule has 0 atom stereocenters.